The lowest BCUT2D eigenvalue weighted by molar-refractivity contribution is 0.0532. The van der Waals surface area contributed by atoms with Gasteiger partial charge in [0.2, 0.25) is 0 Å². The minimum absolute atomic E-state index is 0.317. The zero-order valence-electron chi connectivity index (χ0n) is 9.44. The van der Waals surface area contributed by atoms with Crippen molar-refractivity contribution in [3.63, 3.8) is 0 Å². The number of halogens is 2. The van der Waals surface area contributed by atoms with Gasteiger partial charge in [-0.3, -0.25) is 0 Å². The van der Waals surface area contributed by atoms with E-state index in [-0.39, 0.29) is 5.82 Å². The van der Waals surface area contributed by atoms with Crippen molar-refractivity contribution in [1.82, 2.24) is 4.98 Å². The lowest BCUT2D eigenvalue weighted by Gasteiger charge is -1.98. The molecule has 0 aliphatic rings. The number of hydrogen-bond donors (Lipinski definition) is 0. The van der Waals surface area contributed by atoms with E-state index in [1.807, 2.05) is 0 Å². The summed E-state index contributed by atoms with van der Waals surface area (Å²) in [6, 6.07) is 4.48. The molecule has 0 saturated heterocycles. The van der Waals surface area contributed by atoms with Gasteiger partial charge in [0.1, 0.15) is 15.7 Å². The smallest absolute Gasteiger partial charge is 0.349 e. The van der Waals surface area contributed by atoms with Crippen LogP contribution >= 0.6 is 27.3 Å². The van der Waals surface area contributed by atoms with Gasteiger partial charge in [-0.15, -0.1) is 11.3 Å². The number of benzene rings is 1. The predicted octanol–water partition coefficient (Wildman–Crippen LogP) is 3.89. The summed E-state index contributed by atoms with van der Waals surface area (Å²) in [7, 11) is 0. The van der Waals surface area contributed by atoms with E-state index in [1.54, 1.807) is 13.0 Å². The fourth-order valence-electron chi connectivity index (χ4n) is 1.38. The number of carbonyl (C=O) groups is 1. The van der Waals surface area contributed by atoms with Gasteiger partial charge in [0.25, 0.3) is 0 Å². The molecule has 1 aromatic heterocycles. The zero-order valence-corrected chi connectivity index (χ0v) is 11.8. The highest BCUT2D eigenvalue weighted by Gasteiger charge is 2.13. The van der Waals surface area contributed by atoms with E-state index >= 15 is 0 Å². The molecule has 0 bridgehead atoms. The van der Waals surface area contributed by atoms with E-state index in [0.717, 1.165) is 0 Å². The number of ether oxygens (including phenoxy) is 1. The normalized spacial score (nSPS) is 10.4. The van der Waals surface area contributed by atoms with E-state index in [4.69, 9.17) is 4.74 Å². The number of hydrogen-bond acceptors (Lipinski definition) is 4. The molecule has 0 atom stereocenters. The molecule has 0 radical (unpaired) electrons. The monoisotopic (exact) mass is 329 g/mol. The Labute approximate surface area is 116 Å². The minimum atomic E-state index is -0.406. The van der Waals surface area contributed by atoms with Crippen LogP contribution in [0.3, 0.4) is 0 Å². The molecule has 0 spiro atoms. The highest BCUT2D eigenvalue weighted by atomic mass is 79.9. The summed E-state index contributed by atoms with van der Waals surface area (Å²) in [5, 5.41) is 0.582. The number of thiazole rings is 1. The number of carbonyl (C=O) groups excluding carboxylic acids is 1. The number of esters is 1. The summed E-state index contributed by atoms with van der Waals surface area (Å²) in [6.45, 7) is 2.06. The molecule has 94 valence electrons. The lowest BCUT2D eigenvalue weighted by Crippen LogP contribution is -2.01. The van der Waals surface area contributed by atoms with E-state index in [1.165, 1.54) is 29.7 Å². The van der Waals surface area contributed by atoms with Gasteiger partial charge in [0, 0.05) is 10.0 Å². The Bertz CT molecular complexity index is 565. The predicted molar refractivity (Wildman–Crippen MR) is 71.2 cm³/mol. The van der Waals surface area contributed by atoms with Gasteiger partial charge >= 0.3 is 5.97 Å². The first-order chi connectivity index (χ1) is 8.60. The van der Waals surface area contributed by atoms with Crippen LogP contribution in [0.15, 0.2) is 28.9 Å². The highest BCUT2D eigenvalue weighted by molar-refractivity contribution is 9.10. The molecule has 3 nitrogen and oxygen atoms in total. The summed E-state index contributed by atoms with van der Waals surface area (Å²) in [6.07, 6.45) is 1.44. The maximum atomic E-state index is 13.3. The standard InChI is InChI=1S/C12H9BrFNO2S/c1-2-17-12(16)10-6-15-11(18-10)7-3-8(13)5-9(14)4-7/h3-6H,2H2,1H3. The van der Waals surface area contributed by atoms with E-state index < -0.39 is 5.97 Å². The average molecular weight is 330 g/mol. The van der Waals surface area contributed by atoms with Gasteiger partial charge in [0.05, 0.1) is 12.8 Å². The first-order valence-electron chi connectivity index (χ1n) is 5.19. The third kappa shape index (κ3) is 2.94. The molecule has 0 amide bonds. The molecule has 0 aliphatic heterocycles. The Kier molecular flexibility index (Phi) is 4.08. The van der Waals surface area contributed by atoms with Crippen molar-refractivity contribution in [2.45, 2.75) is 6.92 Å². The molecule has 6 heteroatoms. The largest absolute Gasteiger partial charge is 0.462 e. The third-order valence-corrected chi connectivity index (χ3v) is 3.58. The number of aromatic nitrogens is 1. The van der Waals surface area contributed by atoms with Crippen molar-refractivity contribution in [3.05, 3.63) is 39.6 Å². The topological polar surface area (TPSA) is 39.2 Å². The van der Waals surface area contributed by atoms with E-state index in [2.05, 4.69) is 20.9 Å². The maximum absolute atomic E-state index is 13.3. The average Bonchev–Trinajstić information content (AvgIpc) is 2.77. The summed E-state index contributed by atoms with van der Waals surface area (Å²) >= 11 is 4.39. The molecule has 18 heavy (non-hydrogen) atoms. The van der Waals surface area contributed by atoms with Crippen molar-refractivity contribution in [1.29, 1.82) is 0 Å². The summed E-state index contributed by atoms with van der Waals surface area (Å²) in [4.78, 5) is 16.0. The second-order valence-corrected chi connectivity index (χ2v) is 5.35. The Balaban J connectivity index is 2.32. The fourth-order valence-corrected chi connectivity index (χ4v) is 2.64. The highest BCUT2D eigenvalue weighted by Crippen LogP contribution is 2.28. The molecular weight excluding hydrogens is 321 g/mol. The molecule has 0 fully saturated rings. The Morgan fingerprint density at radius 1 is 1.50 bits per heavy atom. The third-order valence-electron chi connectivity index (χ3n) is 2.09. The van der Waals surface area contributed by atoms with Crippen molar-refractivity contribution < 1.29 is 13.9 Å². The first kappa shape index (κ1) is 13.2. The van der Waals surface area contributed by atoms with Crippen LogP contribution in [0.5, 0.6) is 0 Å². The Morgan fingerprint density at radius 2 is 2.28 bits per heavy atom. The molecule has 0 unspecified atom stereocenters. The molecule has 2 rings (SSSR count). The zero-order chi connectivity index (χ0) is 13.1. The SMILES string of the molecule is CCOC(=O)c1cnc(-c2cc(F)cc(Br)c2)s1. The lowest BCUT2D eigenvalue weighted by atomic mass is 10.2. The molecule has 1 heterocycles. The van der Waals surface area contributed by atoms with Gasteiger partial charge in [-0.25, -0.2) is 14.2 Å². The Hall–Kier alpha value is -1.27. The van der Waals surface area contributed by atoms with Crippen LogP contribution in [-0.2, 0) is 4.74 Å². The van der Waals surface area contributed by atoms with Crippen LogP contribution in [0.25, 0.3) is 10.6 Å². The number of nitrogens with zero attached hydrogens (tertiary/aromatic N) is 1. The molecule has 1 aromatic carbocycles. The van der Waals surface area contributed by atoms with Gasteiger partial charge in [-0.1, -0.05) is 15.9 Å². The molecule has 0 saturated carbocycles. The minimum Gasteiger partial charge on any atom is -0.462 e. The van der Waals surface area contributed by atoms with Crippen molar-refractivity contribution in [3.8, 4) is 10.6 Å². The van der Waals surface area contributed by atoms with Crippen LogP contribution in [-0.4, -0.2) is 17.6 Å². The van der Waals surface area contributed by atoms with Gasteiger partial charge in [0.15, 0.2) is 0 Å². The van der Waals surface area contributed by atoms with Gasteiger partial charge in [-0.05, 0) is 25.1 Å². The summed E-state index contributed by atoms with van der Waals surface area (Å²) in [5.74, 6) is -0.760. The van der Waals surface area contributed by atoms with Crippen LogP contribution in [0, 0.1) is 5.82 Å². The molecule has 0 N–H and O–H groups in total. The van der Waals surface area contributed by atoms with Gasteiger partial charge in [-0.2, -0.15) is 0 Å². The van der Waals surface area contributed by atoms with E-state index in [9.17, 15) is 9.18 Å². The molecule has 2 aromatic rings. The second-order valence-electron chi connectivity index (χ2n) is 3.41. The fraction of sp³-hybridized carbons (Fsp3) is 0.167. The molecular formula is C12H9BrFNO2S. The van der Waals surface area contributed by atoms with Crippen LogP contribution in [0.1, 0.15) is 16.6 Å². The van der Waals surface area contributed by atoms with E-state index in [0.29, 0.717) is 26.5 Å². The summed E-state index contributed by atoms with van der Waals surface area (Å²) in [5.41, 5.74) is 0.627. The van der Waals surface area contributed by atoms with Crippen LogP contribution in [0.4, 0.5) is 4.39 Å². The maximum Gasteiger partial charge on any atom is 0.349 e. The quantitative estimate of drug-likeness (QED) is 0.802. The second kappa shape index (κ2) is 5.58. The van der Waals surface area contributed by atoms with Crippen molar-refractivity contribution in [2.75, 3.05) is 6.61 Å². The van der Waals surface area contributed by atoms with Crippen molar-refractivity contribution >= 4 is 33.2 Å². The van der Waals surface area contributed by atoms with Crippen LogP contribution < -0.4 is 0 Å². The molecule has 0 aliphatic carbocycles. The van der Waals surface area contributed by atoms with Gasteiger partial charge < -0.3 is 4.74 Å². The first-order valence-corrected chi connectivity index (χ1v) is 6.80. The van der Waals surface area contributed by atoms with Crippen LogP contribution in [0.2, 0.25) is 0 Å². The number of rotatable bonds is 3. The Morgan fingerprint density at radius 3 is 2.94 bits per heavy atom. The summed E-state index contributed by atoms with van der Waals surface area (Å²) < 4.78 is 18.8. The van der Waals surface area contributed by atoms with Crippen molar-refractivity contribution in [2.24, 2.45) is 0 Å².